The van der Waals surface area contributed by atoms with Crippen molar-refractivity contribution in [1.29, 1.82) is 5.26 Å². The Morgan fingerprint density at radius 3 is 3.00 bits per heavy atom. The molecule has 1 aromatic rings. The predicted molar refractivity (Wildman–Crippen MR) is 60.7 cm³/mol. The molecule has 0 aromatic heterocycles. The molecule has 76 valence electrons. The molecular weight excluding hydrogens is 232 g/mol. The number of amides is 1. The smallest absolute Gasteiger partial charge is 0.256 e. The Balaban J connectivity index is 2.31. The fourth-order valence-electron chi connectivity index (χ4n) is 1.34. The van der Waals surface area contributed by atoms with Crippen molar-refractivity contribution in [3.05, 3.63) is 29.8 Å². The molecule has 1 fully saturated rings. The Labute approximate surface area is 96.6 Å². The summed E-state index contributed by atoms with van der Waals surface area (Å²) in [5.74, 6) is 0.429. The molecule has 1 unspecified atom stereocenters. The lowest BCUT2D eigenvalue weighted by Gasteiger charge is -2.14. The third-order valence-corrected chi connectivity index (χ3v) is 3.56. The van der Waals surface area contributed by atoms with Gasteiger partial charge in [0.05, 0.1) is 17.5 Å². The first-order valence-corrected chi connectivity index (χ1v) is 5.78. The van der Waals surface area contributed by atoms with Crippen LogP contribution in [0.2, 0.25) is 0 Å². The van der Waals surface area contributed by atoms with Crippen LogP contribution in [-0.4, -0.2) is 16.5 Å². The highest BCUT2D eigenvalue weighted by Crippen LogP contribution is 2.31. The van der Waals surface area contributed by atoms with E-state index in [1.807, 2.05) is 6.07 Å². The van der Waals surface area contributed by atoms with Crippen molar-refractivity contribution in [3.63, 3.8) is 0 Å². The van der Waals surface area contributed by atoms with E-state index in [-0.39, 0.29) is 5.91 Å². The number of thioether (sulfide) groups is 1. The molecule has 1 aromatic carbocycles. The van der Waals surface area contributed by atoms with Gasteiger partial charge in [0.15, 0.2) is 4.71 Å². The summed E-state index contributed by atoms with van der Waals surface area (Å²) in [5.41, 5.74) is 1.28. The highest BCUT2D eigenvalue weighted by atomic mass is 35.5. The number of nitriles is 1. The summed E-state index contributed by atoms with van der Waals surface area (Å²) in [5, 5.41) is 8.74. The van der Waals surface area contributed by atoms with Crippen molar-refractivity contribution in [2.75, 3.05) is 10.8 Å². The number of halogens is 1. The van der Waals surface area contributed by atoms with Gasteiger partial charge in [-0.15, -0.1) is 23.4 Å². The number of rotatable bonds is 1. The van der Waals surface area contributed by atoms with Gasteiger partial charge in [0.25, 0.3) is 5.91 Å². The van der Waals surface area contributed by atoms with Crippen molar-refractivity contribution in [2.24, 2.45) is 0 Å². The van der Waals surface area contributed by atoms with E-state index in [9.17, 15) is 4.79 Å². The van der Waals surface area contributed by atoms with E-state index in [0.29, 0.717) is 11.4 Å². The number of hydrogen-bond donors (Lipinski definition) is 0. The molecule has 0 N–H and O–H groups in total. The van der Waals surface area contributed by atoms with Crippen molar-refractivity contribution in [1.82, 2.24) is 0 Å². The summed E-state index contributed by atoms with van der Waals surface area (Å²) in [6.07, 6.45) is 0. The first-order valence-electron chi connectivity index (χ1n) is 4.29. The summed E-state index contributed by atoms with van der Waals surface area (Å²) in [6, 6.07) is 8.99. The quantitative estimate of drug-likeness (QED) is 0.705. The van der Waals surface area contributed by atoms with E-state index in [1.54, 1.807) is 29.2 Å². The molecule has 1 atom stereocenters. The first kappa shape index (κ1) is 10.3. The largest absolute Gasteiger partial charge is 0.301 e. The standard InChI is InChI=1S/C10H7ClN2OS/c11-9-10(14)13(6-15-9)8-3-1-2-7(4-8)5-12/h1-4,9H,6H2. The molecule has 1 heterocycles. The van der Waals surface area contributed by atoms with Gasteiger partial charge in [-0.25, -0.2) is 0 Å². The highest BCUT2D eigenvalue weighted by Gasteiger charge is 2.31. The maximum absolute atomic E-state index is 11.6. The van der Waals surface area contributed by atoms with Gasteiger partial charge in [0.2, 0.25) is 0 Å². The summed E-state index contributed by atoms with van der Waals surface area (Å²) >= 11 is 7.17. The molecule has 0 spiro atoms. The number of anilines is 1. The van der Waals surface area contributed by atoms with E-state index in [1.165, 1.54) is 11.8 Å². The highest BCUT2D eigenvalue weighted by molar-refractivity contribution is 8.02. The molecule has 5 heteroatoms. The second kappa shape index (κ2) is 4.13. The van der Waals surface area contributed by atoms with Gasteiger partial charge < -0.3 is 4.90 Å². The van der Waals surface area contributed by atoms with E-state index in [4.69, 9.17) is 16.9 Å². The molecule has 1 amide bonds. The van der Waals surface area contributed by atoms with Crippen LogP contribution >= 0.6 is 23.4 Å². The van der Waals surface area contributed by atoms with E-state index in [0.717, 1.165) is 5.69 Å². The zero-order chi connectivity index (χ0) is 10.8. The van der Waals surface area contributed by atoms with Gasteiger partial charge in [-0.3, -0.25) is 4.79 Å². The molecule has 1 aliphatic rings. The second-order valence-electron chi connectivity index (χ2n) is 3.04. The normalized spacial score (nSPS) is 20.4. The lowest BCUT2D eigenvalue weighted by molar-refractivity contribution is -0.116. The van der Waals surface area contributed by atoms with Gasteiger partial charge in [0, 0.05) is 5.69 Å². The molecule has 0 bridgehead atoms. The molecule has 3 nitrogen and oxygen atoms in total. The van der Waals surface area contributed by atoms with Crippen LogP contribution < -0.4 is 4.90 Å². The molecule has 2 rings (SSSR count). The lowest BCUT2D eigenvalue weighted by atomic mass is 10.2. The van der Waals surface area contributed by atoms with Gasteiger partial charge in [-0.2, -0.15) is 5.26 Å². The summed E-state index contributed by atoms with van der Waals surface area (Å²) in [7, 11) is 0. The molecule has 0 radical (unpaired) electrons. The fourth-order valence-corrected chi connectivity index (χ4v) is 2.46. The SMILES string of the molecule is N#Cc1cccc(N2CSC(Cl)C2=O)c1. The van der Waals surface area contributed by atoms with Crippen molar-refractivity contribution < 1.29 is 4.79 Å². The van der Waals surface area contributed by atoms with Crippen molar-refractivity contribution in [3.8, 4) is 6.07 Å². The third-order valence-electron chi connectivity index (χ3n) is 2.10. The molecule has 1 saturated heterocycles. The van der Waals surface area contributed by atoms with E-state index >= 15 is 0 Å². The van der Waals surface area contributed by atoms with Gasteiger partial charge in [-0.05, 0) is 18.2 Å². The van der Waals surface area contributed by atoms with Crippen LogP contribution in [0, 0.1) is 11.3 Å². The molecule has 0 saturated carbocycles. The molecule has 15 heavy (non-hydrogen) atoms. The van der Waals surface area contributed by atoms with Crippen LogP contribution in [-0.2, 0) is 4.79 Å². The van der Waals surface area contributed by atoms with Crippen LogP contribution in [0.15, 0.2) is 24.3 Å². The second-order valence-corrected chi connectivity index (χ2v) is 4.80. The summed E-state index contributed by atoms with van der Waals surface area (Å²) < 4.78 is -0.504. The average Bonchev–Trinajstić information content (AvgIpc) is 2.60. The number of carbonyl (C=O) groups excluding carboxylic acids is 1. The Bertz CT molecular complexity index is 443. The van der Waals surface area contributed by atoms with Crippen LogP contribution in [0.3, 0.4) is 0 Å². The zero-order valence-electron chi connectivity index (χ0n) is 7.68. The Morgan fingerprint density at radius 1 is 1.60 bits per heavy atom. The van der Waals surface area contributed by atoms with E-state index < -0.39 is 4.71 Å². The van der Waals surface area contributed by atoms with Crippen LogP contribution in [0.1, 0.15) is 5.56 Å². The molecule has 1 aliphatic heterocycles. The lowest BCUT2D eigenvalue weighted by Crippen LogP contribution is -2.27. The van der Waals surface area contributed by atoms with Crippen LogP contribution in [0.25, 0.3) is 0 Å². The van der Waals surface area contributed by atoms with Gasteiger partial charge >= 0.3 is 0 Å². The third kappa shape index (κ3) is 1.94. The van der Waals surface area contributed by atoms with Crippen molar-refractivity contribution in [2.45, 2.75) is 4.71 Å². The minimum absolute atomic E-state index is 0.114. The number of alkyl halides is 1. The topological polar surface area (TPSA) is 44.1 Å². The Morgan fingerprint density at radius 2 is 2.40 bits per heavy atom. The van der Waals surface area contributed by atoms with E-state index in [2.05, 4.69) is 0 Å². The predicted octanol–water partition coefficient (Wildman–Crippen LogP) is 2.16. The number of benzene rings is 1. The number of carbonyl (C=O) groups is 1. The van der Waals surface area contributed by atoms with Crippen LogP contribution in [0.4, 0.5) is 5.69 Å². The fraction of sp³-hybridized carbons (Fsp3) is 0.200. The first-order chi connectivity index (χ1) is 7.22. The number of nitrogens with zero attached hydrogens (tertiary/aromatic N) is 2. The Kier molecular flexibility index (Phi) is 2.85. The van der Waals surface area contributed by atoms with Gasteiger partial charge in [-0.1, -0.05) is 6.07 Å². The maximum atomic E-state index is 11.6. The molecular formula is C10H7ClN2OS. The van der Waals surface area contributed by atoms with Crippen LogP contribution in [0.5, 0.6) is 0 Å². The minimum atomic E-state index is -0.504. The number of hydrogen-bond acceptors (Lipinski definition) is 3. The van der Waals surface area contributed by atoms with Crippen molar-refractivity contribution >= 4 is 35.0 Å². The maximum Gasteiger partial charge on any atom is 0.256 e. The Hall–Kier alpha value is -1.18. The average molecular weight is 239 g/mol. The minimum Gasteiger partial charge on any atom is -0.301 e. The summed E-state index contributed by atoms with van der Waals surface area (Å²) in [6.45, 7) is 0. The summed E-state index contributed by atoms with van der Waals surface area (Å²) in [4.78, 5) is 13.2. The monoisotopic (exact) mass is 238 g/mol. The van der Waals surface area contributed by atoms with Gasteiger partial charge in [0.1, 0.15) is 0 Å². The zero-order valence-corrected chi connectivity index (χ0v) is 9.26. The molecule has 0 aliphatic carbocycles.